The molecule has 1 N–H and O–H groups in total. The van der Waals surface area contributed by atoms with Crippen LogP contribution in [0.15, 0.2) is 0 Å². The van der Waals surface area contributed by atoms with Crippen LogP contribution >= 0.6 is 0 Å². The molecule has 2 atom stereocenters. The minimum atomic E-state index is -1.11. The van der Waals surface area contributed by atoms with Gasteiger partial charge in [-0.15, -0.1) is 0 Å². The van der Waals surface area contributed by atoms with Crippen LogP contribution in [0.2, 0.25) is 0 Å². The van der Waals surface area contributed by atoms with Gasteiger partial charge in [0.2, 0.25) is 0 Å². The number of likely N-dealkylation sites (tertiary alicyclic amines) is 1. The predicted octanol–water partition coefficient (Wildman–Crippen LogP) is 2.58. The number of piperidine rings is 1. The van der Waals surface area contributed by atoms with Crippen LogP contribution in [-0.4, -0.2) is 48.4 Å². The molecule has 0 aliphatic carbocycles. The monoisotopic (exact) mass is 286 g/mol. The first kappa shape index (κ1) is 15.5. The second-order valence-corrected chi connectivity index (χ2v) is 7.32. The highest BCUT2D eigenvalue weighted by Crippen LogP contribution is 2.37. The van der Waals surface area contributed by atoms with Crippen LogP contribution in [0, 0.1) is 11.8 Å². The molecule has 0 aromatic heterocycles. The zero-order valence-corrected chi connectivity index (χ0v) is 13.0. The molecule has 116 valence electrons. The van der Waals surface area contributed by atoms with Crippen LogP contribution in [-0.2, 0) is 4.74 Å². The molecule has 0 spiro atoms. The van der Waals surface area contributed by atoms with Crippen molar-refractivity contribution in [3.63, 3.8) is 0 Å². The fourth-order valence-electron chi connectivity index (χ4n) is 3.28. The summed E-state index contributed by atoms with van der Waals surface area (Å²) in [5.74, 6) is 0.432. The van der Waals surface area contributed by atoms with E-state index in [0.29, 0.717) is 25.6 Å². The van der Waals surface area contributed by atoms with E-state index in [-0.39, 0.29) is 12.0 Å². The number of rotatable bonds is 1. The predicted molar refractivity (Wildman–Crippen MR) is 76.4 cm³/mol. The largest absolute Gasteiger partial charge is 0.444 e. The number of ether oxygens (including phenoxy) is 1. The van der Waals surface area contributed by atoms with E-state index in [2.05, 4.69) is 5.32 Å². The Bertz CT molecular complexity index is 357. The molecule has 2 aliphatic rings. The Hall–Kier alpha value is -0.840. The van der Waals surface area contributed by atoms with Crippen molar-refractivity contribution in [1.29, 1.82) is 0 Å². The van der Waals surface area contributed by atoms with E-state index in [1.165, 1.54) is 0 Å². The molecule has 2 aliphatic heterocycles. The molecule has 0 aromatic carbocycles. The zero-order chi connectivity index (χ0) is 15.0. The van der Waals surface area contributed by atoms with E-state index in [0.717, 1.165) is 19.4 Å². The number of nitrogens with zero attached hydrogens (tertiary/aromatic N) is 1. The molecular weight excluding hydrogens is 259 g/mol. The molecule has 4 nitrogen and oxygen atoms in total. The van der Waals surface area contributed by atoms with Gasteiger partial charge in [-0.1, -0.05) is 0 Å². The number of carbonyl (C=O) groups excluding carboxylic acids is 1. The Labute approximate surface area is 121 Å². The smallest absolute Gasteiger partial charge is 0.410 e. The van der Waals surface area contributed by atoms with Gasteiger partial charge in [0, 0.05) is 32.1 Å². The maximum Gasteiger partial charge on any atom is 0.410 e. The number of carbonyl (C=O) groups is 1. The summed E-state index contributed by atoms with van der Waals surface area (Å²) in [6.45, 7) is 9.85. The van der Waals surface area contributed by atoms with Gasteiger partial charge >= 0.3 is 6.09 Å². The first-order valence-electron chi connectivity index (χ1n) is 7.56. The molecule has 2 unspecified atom stereocenters. The lowest BCUT2D eigenvalue weighted by molar-refractivity contribution is 0.0108. The van der Waals surface area contributed by atoms with E-state index in [1.54, 1.807) is 11.8 Å². The van der Waals surface area contributed by atoms with Crippen LogP contribution < -0.4 is 5.32 Å². The van der Waals surface area contributed by atoms with E-state index in [1.807, 2.05) is 20.8 Å². The van der Waals surface area contributed by atoms with Gasteiger partial charge in [-0.3, -0.25) is 0 Å². The summed E-state index contributed by atoms with van der Waals surface area (Å²) in [5.41, 5.74) is -1.57. The van der Waals surface area contributed by atoms with Gasteiger partial charge in [0.25, 0.3) is 0 Å². The lowest BCUT2D eigenvalue weighted by Crippen LogP contribution is -2.45. The normalized spacial score (nSPS) is 32.5. The quantitative estimate of drug-likeness (QED) is 0.805. The molecular formula is C15H27FN2O2. The molecule has 20 heavy (non-hydrogen) atoms. The van der Waals surface area contributed by atoms with E-state index >= 15 is 0 Å². The number of nitrogens with one attached hydrogen (secondary N) is 1. The summed E-state index contributed by atoms with van der Waals surface area (Å²) in [6.07, 6.45) is 1.49. The topological polar surface area (TPSA) is 41.6 Å². The minimum Gasteiger partial charge on any atom is -0.444 e. The van der Waals surface area contributed by atoms with Crippen LogP contribution in [0.4, 0.5) is 9.18 Å². The van der Waals surface area contributed by atoms with Crippen LogP contribution in [0.5, 0.6) is 0 Å². The van der Waals surface area contributed by atoms with Crippen molar-refractivity contribution in [3.8, 4) is 0 Å². The first-order chi connectivity index (χ1) is 9.19. The van der Waals surface area contributed by atoms with E-state index < -0.39 is 11.3 Å². The standard InChI is InChI=1S/C15H27FN2O2/c1-14(2,3)20-13(19)18-7-5-11(6-8-18)12-9-17-10-15(12,4)16/h11-12,17H,5-10H2,1-4H3. The van der Waals surface area contributed by atoms with Crippen LogP contribution in [0.1, 0.15) is 40.5 Å². The SMILES string of the molecule is CC(C)(C)OC(=O)N1CCC(C2CNCC2(C)F)CC1. The highest BCUT2D eigenvalue weighted by molar-refractivity contribution is 5.68. The minimum absolute atomic E-state index is 0.0725. The Morgan fingerprint density at radius 3 is 2.40 bits per heavy atom. The summed E-state index contributed by atoms with van der Waals surface area (Å²) in [7, 11) is 0. The zero-order valence-electron chi connectivity index (χ0n) is 13.0. The van der Waals surface area contributed by atoms with Crippen molar-refractivity contribution in [2.24, 2.45) is 11.8 Å². The molecule has 2 saturated heterocycles. The van der Waals surface area contributed by atoms with Crippen molar-refractivity contribution < 1.29 is 13.9 Å². The van der Waals surface area contributed by atoms with Crippen molar-refractivity contribution >= 4 is 6.09 Å². The van der Waals surface area contributed by atoms with Crippen molar-refractivity contribution in [2.75, 3.05) is 26.2 Å². The average Bonchev–Trinajstić information content (AvgIpc) is 2.67. The number of hydrogen-bond acceptors (Lipinski definition) is 3. The van der Waals surface area contributed by atoms with Gasteiger partial charge in [-0.05, 0) is 46.5 Å². The Morgan fingerprint density at radius 2 is 1.95 bits per heavy atom. The Kier molecular flexibility index (Phi) is 4.28. The van der Waals surface area contributed by atoms with E-state index in [9.17, 15) is 9.18 Å². The third-order valence-electron chi connectivity index (χ3n) is 4.37. The number of alkyl halides is 1. The third-order valence-corrected chi connectivity index (χ3v) is 4.37. The van der Waals surface area contributed by atoms with Gasteiger partial charge in [-0.25, -0.2) is 9.18 Å². The molecule has 0 bridgehead atoms. The number of halogens is 1. The fraction of sp³-hybridized carbons (Fsp3) is 0.933. The number of hydrogen-bond donors (Lipinski definition) is 1. The van der Waals surface area contributed by atoms with Gasteiger partial charge < -0.3 is 15.0 Å². The molecule has 1 amide bonds. The van der Waals surface area contributed by atoms with Crippen molar-refractivity contribution in [1.82, 2.24) is 10.2 Å². The maximum atomic E-state index is 14.4. The first-order valence-corrected chi connectivity index (χ1v) is 7.56. The molecule has 0 aromatic rings. The number of amides is 1. The average molecular weight is 286 g/mol. The molecule has 2 heterocycles. The van der Waals surface area contributed by atoms with Crippen molar-refractivity contribution in [2.45, 2.75) is 51.8 Å². The Morgan fingerprint density at radius 1 is 1.35 bits per heavy atom. The second-order valence-electron chi connectivity index (χ2n) is 7.32. The Balaban J connectivity index is 1.85. The van der Waals surface area contributed by atoms with E-state index in [4.69, 9.17) is 4.74 Å². The maximum absolute atomic E-state index is 14.4. The molecule has 2 fully saturated rings. The van der Waals surface area contributed by atoms with Crippen molar-refractivity contribution in [3.05, 3.63) is 0 Å². The molecule has 0 radical (unpaired) electrons. The summed E-state index contributed by atoms with van der Waals surface area (Å²) in [4.78, 5) is 13.7. The summed E-state index contributed by atoms with van der Waals surface area (Å²) < 4.78 is 19.7. The fourth-order valence-corrected chi connectivity index (χ4v) is 3.28. The summed E-state index contributed by atoms with van der Waals surface area (Å²) in [6, 6.07) is 0. The molecule has 5 heteroatoms. The van der Waals surface area contributed by atoms with Crippen LogP contribution in [0.25, 0.3) is 0 Å². The van der Waals surface area contributed by atoms with Gasteiger partial charge in [0.05, 0.1) is 0 Å². The highest BCUT2D eigenvalue weighted by Gasteiger charge is 2.44. The second kappa shape index (κ2) is 5.51. The summed E-state index contributed by atoms with van der Waals surface area (Å²) >= 11 is 0. The molecule has 2 rings (SSSR count). The molecule has 0 saturated carbocycles. The van der Waals surface area contributed by atoms with Gasteiger partial charge in [0.15, 0.2) is 0 Å². The van der Waals surface area contributed by atoms with Gasteiger partial charge in [0.1, 0.15) is 11.3 Å². The highest BCUT2D eigenvalue weighted by atomic mass is 19.1. The van der Waals surface area contributed by atoms with Crippen LogP contribution in [0.3, 0.4) is 0 Å². The lowest BCUT2D eigenvalue weighted by Gasteiger charge is -2.38. The summed E-state index contributed by atoms with van der Waals surface area (Å²) in [5, 5.41) is 3.14. The lowest BCUT2D eigenvalue weighted by atomic mass is 9.78. The van der Waals surface area contributed by atoms with Gasteiger partial charge in [-0.2, -0.15) is 0 Å². The third kappa shape index (κ3) is 3.62.